The van der Waals surface area contributed by atoms with Crippen molar-refractivity contribution in [3.8, 4) is 0 Å². The second-order valence-corrected chi connectivity index (χ2v) is 5.61. The Labute approximate surface area is 115 Å². The minimum atomic E-state index is -0.0625. The van der Waals surface area contributed by atoms with Gasteiger partial charge in [-0.25, -0.2) is 9.97 Å². The number of aromatic nitrogens is 6. The Bertz CT molecular complexity index is 750. The quantitative estimate of drug-likeness (QED) is 0.729. The Morgan fingerprint density at radius 1 is 1.20 bits per heavy atom. The minimum Gasteiger partial charge on any atom is -0.340 e. The summed E-state index contributed by atoms with van der Waals surface area (Å²) in [5.41, 5.74) is 8.30. The molecule has 3 heterocycles. The Morgan fingerprint density at radius 3 is 2.85 bits per heavy atom. The summed E-state index contributed by atoms with van der Waals surface area (Å²) in [4.78, 5) is 11.6. The molecule has 1 aliphatic carbocycles. The summed E-state index contributed by atoms with van der Waals surface area (Å²) < 4.78 is 1.97. The zero-order valence-electron chi connectivity index (χ0n) is 11.2. The molecular weight excluding hydrogens is 254 g/mol. The summed E-state index contributed by atoms with van der Waals surface area (Å²) in [7, 11) is 0. The smallest absolute Gasteiger partial charge is 0.189 e. The summed E-state index contributed by atoms with van der Waals surface area (Å²) in [5, 5.41) is 8.77. The highest BCUT2D eigenvalue weighted by molar-refractivity contribution is 5.84. The maximum atomic E-state index is 6.09. The van der Waals surface area contributed by atoms with Crippen LogP contribution < -0.4 is 5.73 Å². The second kappa shape index (κ2) is 4.24. The first-order chi connectivity index (χ1) is 9.84. The molecule has 0 aromatic carbocycles. The van der Waals surface area contributed by atoms with Gasteiger partial charge in [0.1, 0.15) is 17.7 Å². The van der Waals surface area contributed by atoms with Crippen LogP contribution in [0.3, 0.4) is 0 Å². The molecule has 0 saturated heterocycles. The van der Waals surface area contributed by atoms with E-state index in [9.17, 15) is 0 Å². The van der Waals surface area contributed by atoms with Crippen molar-refractivity contribution < 1.29 is 0 Å². The average Bonchev–Trinajstić information content (AvgIpc) is 3.13. The van der Waals surface area contributed by atoms with Crippen LogP contribution in [0.1, 0.15) is 37.9 Å². The number of nitrogens with zero attached hydrogens (tertiary/aromatic N) is 5. The van der Waals surface area contributed by atoms with Gasteiger partial charge in [-0.05, 0) is 12.8 Å². The van der Waals surface area contributed by atoms with E-state index in [-0.39, 0.29) is 5.41 Å². The first kappa shape index (κ1) is 11.8. The standard InChI is InChI=1S/C13H17N7/c14-6-13(4-2-1-3-5-13)12-19-18-11-9-10(16-7-15-9)17-8-20(11)12/h7-8H,1-6,14H2,(H,15,16). The zero-order chi connectivity index (χ0) is 13.6. The lowest BCUT2D eigenvalue weighted by molar-refractivity contribution is 0.283. The number of fused-ring (bicyclic) bond motifs is 3. The third-order valence-electron chi connectivity index (χ3n) is 4.51. The number of H-pyrrole nitrogens is 1. The number of imidazole rings is 1. The third kappa shape index (κ3) is 1.49. The summed E-state index contributed by atoms with van der Waals surface area (Å²) in [6.45, 7) is 0.606. The second-order valence-electron chi connectivity index (χ2n) is 5.61. The number of hydrogen-bond acceptors (Lipinski definition) is 5. The van der Waals surface area contributed by atoms with E-state index >= 15 is 0 Å². The van der Waals surface area contributed by atoms with Gasteiger partial charge < -0.3 is 10.7 Å². The van der Waals surface area contributed by atoms with E-state index in [0.29, 0.717) is 12.2 Å². The summed E-state index contributed by atoms with van der Waals surface area (Å²) in [6, 6.07) is 0. The Kier molecular flexibility index (Phi) is 2.50. The van der Waals surface area contributed by atoms with Crippen LogP contribution in [0.4, 0.5) is 0 Å². The molecule has 0 radical (unpaired) electrons. The Morgan fingerprint density at radius 2 is 2.05 bits per heavy atom. The highest BCUT2D eigenvalue weighted by Gasteiger charge is 2.37. The van der Waals surface area contributed by atoms with Gasteiger partial charge in [-0.2, -0.15) is 0 Å². The molecule has 0 bridgehead atoms. The highest BCUT2D eigenvalue weighted by atomic mass is 15.3. The third-order valence-corrected chi connectivity index (χ3v) is 4.51. The lowest BCUT2D eigenvalue weighted by Gasteiger charge is -2.34. The van der Waals surface area contributed by atoms with Crippen molar-refractivity contribution in [2.24, 2.45) is 5.73 Å². The van der Waals surface area contributed by atoms with Crippen molar-refractivity contribution in [3.63, 3.8) is 0 Å². The van der Waals surface area contributed by atoms with Gasteiger partial charge in [0.05, 0.1) is 6.33 Å². The molecule has 0 spiro atoms. The van der Waals surface area contributed by atoms with Gasteiger partial charge in [-0.1, -0.05) is 19.3 Å². The maximum absolute atomic E-state index is 6.09. The molecule has 1 aliphatic rings. The molecule has 1 fully saturated rings. The predicted octanol–water partition coefficient (Wildman–Crippen LogP) is 1.16. The van der Waals surface area contributed by atoms with Crippen molar-refractivity contribution >= 4 is 16.8 Å². The van der Waals surface area contributed by atoms with E-state index in [1.54, 1.807) is 12.7 Å². The van der Waals surface area contributed by atoms with Gasteiger partial charge in [-0.3, -0.25) is 4.40 Å². The Balaban J connectivity index is 1.95. The summed E-state index contributed by atoms with van der Waals surface area (Å²) in [6.07, 6.45) is 9.22. The molecule has 1 saturated carbocycles. The first-order valence-electron chi connectivity index (χ1n) is 7.07. The minimum absolute atomic E-state index is 0.0625. The van der Waals surface area contributed by atoms with Crippen LogP contribution in [0, 0.1) is 0 Å². The normalized spacial score (nSPS) is 18.9. The van der Waals surface area contributed by atoms with E-state index in [1.807, 2.05) is 4.40 Å². The number of aromatic amines is 1. The summed E-state index contributed by atoms with van der Waals surface area (Å²) >= 11 is 0. The monoisotopic (exact) mass is 271 g/mol. The molecule has 0 amide bonds. The molecule has 4 rings (SSSR count). The van der Waals surface area contributed by atoms with Crippen LogP contribution in [0.25, 0.3) is 16.8 Å². The molecule has 104 valence electrons. The van der Waals surface area contributed by atoms with Crippen molar-refractivity contribution in [2.75, 3.05) is 6.54 Å². The molecule has 20 heavy (non-hydrogen) atoms. The molecule has 7 heteroatoms. The van der Waals surface area contributed by atoms with Crippen molar-refractivity contribution in [1.82, 2.24) is 29.5 Å². The molecule has 0 atom stereocenters. The SMILES string of the molecule is NCC1(c2nnc3c4[nH]cnc4ncn23)CCCCC1. The molecule has 3 aromatic rings. The fourth-order valence-corrected chi connectivity index (χ4v) is 3.34. The average molecular weight is 271 g/mol. The fraction of sp³-hybridized carbons (Fsp3) is 0.538. The van der Waals surface area contributed by atoms with E-state index in [1.165, 1.54) is 19.3 Å². The number of nitrogens with two attached hydrogens (primary N) is 1. The van der Waals surface area contributed by atoms with Crippen LogP contribution in [0.5, 0.6) is 0 Å². The van der Waals surface area contributed by atoms with Crippen LogP contribution in [-0.2, 0) is 5.41 Å². The van der Waals surface area contributed by atoms with Gasteiger partial charge in [0.25, 0.3) is 0 Å². The largest absolute Gasteiger partial charge is 0.340 e. The number of rotatable bonds is 2. The molecular formula is C13H17N7. The van der Waals surface area contributed by atoms with E-state index in [4.69, 9.17) is 5.73 Å². The van der Waals surface area contributed by atoms with E-state index in [0.717, 1.165) is 29.8 Å². The van der Waals surface area contributed by atoms with E-state index < -0.39 is 0 Å². The molecule has 0 aliphatic heterocycles. The fourth-order valence-electron chi connectivity index (χ4n) is 3.34. The topological polar surface area (TPSA) is 97.8 Å². The molecule has 7 nitrogen and oxygen atoms in total. The van der Waals surface area contributed by atoms with Gasteiger partial charge in [0.2, 0.25) is 0 Å². The molecule has 3 aromatic heterocycles. The highest BCUT2D eigenvalue weighted by Crippen LogP contribution is 2.37. The number of nitrogens with one attached hydrogen (secondary N) is 1. The predicted molar refractivity (Wildman–Crippen MR) is 74.3 cm³/mol. The first-order valence-corrected chi connectivity index (χ1v) is 7.07. The van der Waals surface area contributed by atoms with Crippen LogP contribution in [0.2, 0.25) is 0 Å². The maximum Gasteiger partial charge on any atom is 0.189 e. The van der Waals surface area contributed by atoms with Crippen molar-refractivity contribution in [1.29, 1.82) is 0 Å². The van der Waals surface area contributed by atoms with Crippen LogP contribution in [-0.4, -0.2) is 36.1 Å². The van der Waals surface area contributed by atoms with Crippen LogP contribution in [0.15, 0.2) is 12.7 Å². The molecule has 3 N–H and O–H groups in total. The van der Waals surface area contributed by atoms with Crippen molar-refractivity contribution in [3.05, 3.63) is 18.5 Å². The van der Waals surface area contributed by atoms with Gasteiger partial charge >= 0.3 is 0 Å². The lowest BCUT2D eigenvalue weighted by atomic mass is 9.73. The van der Waals surface area contributed by atoms with Gasteiger partial charge in [0, 0.05) is 12.0 Å². The van der Waals surface area contributed by atoms with Gasteiger partial charge in [0.15, 0.2) is 11.3 Å². The lowest BCUT2D eigenvalue weighted by Crippen LogP contribution is -2.39. The molecule has 0 unspecified atom stereocenters. The van der Waals surface area contributed by atoms with Crippen molar-refractivity contribution in [2.45, 2.75) is 37.5 Å². The Hall–Kier alpha value is -2.02. The van der Waals surface area contributed by atoms with Gasteiger partial charge in [-0.15, -0.1) is 10.2 Å². The summed E-state index contributed by atoms with van der Waals surface area (Å²) in [5.74, 6) is 0.943. The van der Waals surface area contributed by atoms with Crippen LogP contribution >= 0.6 is 0 Å². The van der Waals surface area contributed by atoms with E-state index in [2.05, 4.69) is 25.1 Å². The zero-order valence-corrected chi connectivity index (χ0v) is 11.2. The number of hydrogen-bond donors (Lipinski definition) is 2.